The lowest BCUT2D eigenvalue weighted by Gasteiger charge is -2.41. The molecule has 32 heteroatoms. The van der Waals surface area contributed by atoms with Gasteiger partial charge in [-0.1, -0.05) is 132 Å². The highest BCUT2D eigenvalue weighted by Gasteiger charge is 2.45. The molecule has 8 heterocycles. The number of nitrogen functional groups attached to an aromatic ring is 2. The van der Waals surface area contributed by atoms with Gasteiger partial charge in [-0.05, 0) is 241 Å². The third-order valence-electron chi connectivity index (χ3n) is 27.3. The van der Waals surface area contributed by atoms with Gasteiger partial charge in [-0.2, -0.15) is 0 Å². The van der Waals surface area contributed by atoms with Crippen LogP contribution >= 0.6 is 45.3 Å². The number of nitro groups is 2. The molecule has 4 aromatic carbocycles. The smallest absolute Gasteiger partial charge is 0.282 e. The van der Waals surface area contributed by atoms with E-state index in [0.717, 1.165) is 24.0 Å². The summed E-state index contributed by atoms with van der Waals surface area (Å²) in [6, 6.07) is 28.8. The summed E-state index contributed by atoms with van der Waals surface area (Å²) in [5.41, 5.74) is 22.1. The number of hydrogen-bond acceptors (Lipinski definition) is 22. The molecule has 0 aliphatic carbocycles. The van der Waals surface area contributed by atoms with Crippen LogP contribution in [0.2, 0.25) is 72.5 Å². The van der Waals surface area contributed by atoms with Gasteiger partial charge in [0.1, 0.15) is 34.1 Å². The van der Waals surface area contributed by atoms with E-state index in [4.69, 9.17) is 48.1 Å². The maximum absolute atomic E-state index is 13.7. The number of rotatable bonds is 26. The topological polar surface area (TPSA) is 293 Å². The van der Waals surface area contributed by atoms with E-state index in [0.29, 0.717) is 122 Å². The minimum absolute atomic E-state index is 0.0277. The van der Waals surface area contributed by atoms with Crippen molar-refractivity contribution in [2.75, 3.05) is 92.5 Å². The lowest BCUT2D eigenvalue weighted by molar-refractivity contribution is -0.385. The Morgan fingerprint density at radius 1 is 0.394 bits per heavy atom. The number of anilines is 2. The number of benzene rings is 4. The Hall–Kier alpha value is -9.17. The first-order valence-electron chi connectivity index (χ1n) is 44.9. The van der Waals surface area contributed by atoms with Gasteiger partial charge in [-0.15, -0.1) is 45.3 Å². The van der Waals surface area contributed by atoms with Crippen molar-refractivity contribution in [1.82, 2.24) is 19.6 Å². The van der Waals surface area contributed by atoms with Gasteiger partial charge in [0, 0.05) is 81.3 Å². The fourth-order valence-corrected chi connectivity index (χ4v) is 22.1. The number of methoxy groups -OCH3 is 4. The third kappa shape index (κ3) is 25.9. The van der Waals surface area contributed by atoms with Crippen molar-refractivity contribution in [1.29, 1.82) is 0 Å². The highest BCUT2D eigenvalue weighted by atomic mass is 32.1. The molecule has 4 aromatic heterocycles. The standard InChI is InChI=1S/2C25H34N2O5SSi.2C25H36N2O3SSi/c2*1-17-13-21(27(29)30)20(15-22(17)31-5)24(28)26-11-10-18(23-9-8-12-33-23)14-19(26)16-32-34(6,7)25(2,3)4;2*1-17-13-21(26)20(15-22(17)29-5)24(28)27-11-10-18(23-9-8-12-31-23)14-19(27)16-30-32(6,7)25(2,3)4/h8-9,12-15,19H,10-11,16H2,1-7H3;8-10,12-13,15,19H,11,14,16H2,1-7H3;8-9,12-15,19H,10-11,16,26H2,1-7H3;8-10,12-13,15,19H,11,14,16,26H2,1-7H3/t4*19-/m0000/s1. The zero-order valence-electron chi connectivity index (χ0n) is 82.7. The molecule has 12 rings (SSSR count). The van der Waals surface area contributed by atoms with E-state index in [1.165, 1.54) is 80.3 Å². The summed E-state index contributed by atoms with van der Waals surface area (Å²) in [6.07, 6.45) is 11.4. The summed E-state index contributed by atoms with van der Waals surface area (Å²) in [6.45, 7) is 55.3. The van der Waals surface area contributed by atoms with E-state index in [1.54, 1.807) is 95.3 Å². The molecule has 24 nitrogen and oxygen atoms in total. The number of aryl methyl sites for hydroxylation is 4. The number of thiophene rings is 4. The largest absolute Gasteiger partial charge is 0.496 e. The van der Waals surface area contributed by atoms with Crippen molar-refractivity contribution >= 4 is 147 Å². The molecule has 716 valence electrons. The minimum Gasteiger partial charge on any atom is -0.496 e. The van der Waals surface area contributed by atoms with Crippen LogP contribution in [0.15, 0.2) is 143 Å². The molecular weight excluding hydrogens is 1810 g/mol. The number of nitrogens with two attached hydrogens (primary N) is 2. The van der Waals surface area contributed by atoms with Crippen LogP contribution in [0, 0.1) is 47.9 Å². The van der Waals surface area contributed by atoms with Crippen LogP contribution in [0.4, 0.5) is 22.7 Å². The number of carbonyl (C=O) groups is 4. The lowest BCUT2D eigenvalue weighted by atomic mass is 9.97. The molecule has 4 N–H and O–H groups in total. The Bertz CT molecular complexity index is 5360. The first-order chi connectivity index (χ1) is 61.6. The van der Waals surface area contributed by atoms with Gasteiger partial charge in [0.2, 0.25) is 0 Å². The van der Waals surface area contributed by atoms with E-state index in [9.17, 15) is 39.4 Å². The van der Waals surface area contributed by atoms with E-state index < -0.39 is 43.1 Å². The Morgan fingerprint density at radius 2 is 0.652 bits per heavy atom. The van der Waals surface area contributed by atoms with Gasteiger partial charge < -0.3 is 67.7 Å². The molecule has 0 saturated heterocycles. The first kappa shape index (κ1) is 107. The summed E-state index contributed by atoms with van der Waals surface area (Å²) >= 11 is 6.81. The molecule has 0 saturated carbocycles. The number of carbonyl (C=O) groups excluding carboxylic acids is 4. The molecule has 0 radical (unpaired) electrons. The monoisotopic (exact) mass is 1950 g/mol. The van der Waals surface area contributed by atoms with E-state index in [2.05, 4.69) is 201 Å². The van der Waals surface area contributed by atoms with Crippen LogP contribution in [0.25, 0.3) is 22.3 Å². The number of amides is 4. The number of hydrogen-bond donors (Lipinski definition) is 2. The molecule has 4 atom stereocenters. The summed E-state index contributed by atoms with van der Waals surface area (Å²) < 4.78 is 47.8. The van der Waals surface area contributed by atoms with Crippen LogP contribution in [0.3, 0.4) is 0 Å². The summed E-state index contributed by atoms with van der Waals surface area (Å²) in [7, 11) is -1.82. The normalized spacial score (nSPS) is 17.1. The van der Waals surface area contributed by atoms with Gasteiger partial charge in [-0.3, -0.25) is 39.4 Å². The molecule has 132 heavy (non-hydrogen) atoms. The second-order valence-corrected chi connectivity index (χ2v) is 63.3. The molecule has 4 amide bonds. The van der Waals surface area contributed by atoms with Crippen LogP contribution in [-0.4, -0.2) is 192 Å². The van der Waals surface area contributed by atoms with Crippen molar-refractivity contribution < 1.29 is 65.7 Å². The SMILES string of the molecule is COc1cc(C(=O)N2CC=C(c3cccs3)C[C@H]2CO[Si](C)(C)C(C)(C)C)c(N)cc1C.COc1cc(C(=O)N2CC=C(c3cccs3)C[C@H]2CO[Si](C)(C)C(C)(C)C)c([N+](=O)[O-])cc1C.COc1cc(C(=O)N2CCC(c3cccs3)=C[C@H]2CO[Si](C)(C)C(C)(C)C)c(N)cc1C.COc1cc(C(=O)N2CCC(c3cccs3)=C[C@H]2CO[Si](C)(C)C(C)(C)C)c([N+](=O)[O-])cc1C. The zero-order valence-corrected chi connectivity index (χ0v) is 89.9. The first-order valence-corrected chi connectivity index (χ1v) is 60.0. The zero-order chi connectivity index (χ0) is 97.9. The molecule has 4 aliphatic rings. The summed E-state index contributed by atoms with van der Waals surface area (Å²) in [4.78, 5) is 89.4. The van der Waals surface area contributed by atoms with Gasteiger partial charge >= 0.3 is 0 Å². The Balaban J connectivity index is 0.000000198. The molecular formula is C100H140N8O16S4Si4. The van der Waals surface area contributed by atoms with Crippen molar-refractivity contribution in [3.05, 3.63) is 227 Å². The van der Waals surface area contributed by atoms with Gasteiger partial charge in [0.25, 0.3) is 35.0 Å². The maximum Gasteiger partial charge on any atom is 0.282 e. The quantitative estimate of drug-likeness (QED) is 0.0220. The van der Waals surface area contributed by atoms with Crippen molar-refractivity contribution in [3.8, 4) is 23.0 Å². The average molecular weight is 1950 g/mol. The average Bonchev–Trinajstić information content (AvgIpc) is 0.911. The van der Waals surface area contributed by atoms with Crippen LogP contribution < -0.4 is 30.4 Å². The van der Waals surface area contributed by atoms with E-state index >= 15 is 0 Å². The molecule has 0 spiro atoms. The Morgan fingerprint density at radius 3 is 0.924 bits per heavy atom. The van der Waals surface area contributed by atoms with E-state index in [-0.39, 0.29) is 90.5 Å². The second kappa shape index (κ2) is 44.1. The molecule has 4 aliphatic heterocycles. The van der Waals surface area contributed by atoms with Crippen molar-refractivity contribution in [2.45, 2.75) is 233 Å². The predicted octanol–water partition coefficient (Wildman–Crippen LogP) is 24.5. The van der Waals surface area contributed by atoms with Crippen LogP contribution in [-0.2, 0) is 17.7 Å². The highest BCUT2D eigenvalue weighted by molar-refractivity contribution is 7.12. The van der Waals surface area contributed by atoms with Crippen LogP contribution in [0.5, 0.6) is 23.0 Å². The highest BCUT2D eigenvalue weighted by Crippen LogP contribution is 2.45. The summed E-state index contributed by atoms with van der Waals surface area (Å²) in [5, 5.41) is 32.1. The van der Waals surface area contributed by atoms with Gasteiger partial charge in [-0.25, -0.2) is 0 Å². The third-order valence-corrected chi connectivity index (χ3v) is 49.1. The molecule has 0 unspecified atom stereocenters. The number of ether oxygens (including phenoxy) is 4. The molecule has 0 fully saturated rings. The van der Waals surface area contributed by atoms with Gasteiger partial charge in [0.05, 0.1) is 100 Å². The predicted molar refractivity (Wildman–Crippen MR) is 553 cm³/mol. The Labute approximate surface area is 802 Å². The second-order valence-electron chi connectivity index (χ2n) is 40.3. The van der Waals surface area contributed by atoms with Gasteiger partial charge in [0.15, 0.2) is 33.3 Å². The fraction of sp³-hybridized carbons (Fsp3) is 0.480. The van der Waals surface area contributed by atoms with E-state index in [1.807, 2.05) is 64.7 Å². The van der Waals surface area contributed by atoms with Crippen molar-refractivity contribution in [2.24, 2.45) is 0 Å². The van der Waals surface area contributed by atoms with Crippen LogP contribution in [0.1, 0.15) is 192 Å². The Kier molecular flexibility index (Phi) is 35.6. The number of nitrogens with zero attached hydrogens (tertiary/aromatic N) is 6. The summed E-state index contributed by atoms with van der Waals surface area (Å²) in [5.74, 6) is 1.33. The number of nitro benzene ring substituents is 2. The molecule has 0 bridgehead atoms. The fourth-order valence-electron chi connectivity index (χ4n) is 14.8. The lowest BCUT2D eigenvalue weighted by Crippen LogP contribution is -2.49. The molecule has 8 aromatic rings. The van der Waals surface area contributed by atoms with Crippen molar-refractivity contribution in [3.63, 3.8) is 0 Å². The minimum atomic E-state index is -2.06. The maximum atomic E-state index is 13.7.